The highest BCUT2D eigenvalue weighted by Crippen LogP contribution is 2.33. The van der Waals surface area contributed by atoms with Gasteiger partial charge in [0, 0.05) is 29.3 Å². The Morgan fingerprint density at radius 3 is 2.52 bits per heavy atom. The van der Waals surface area contributed by atoms with Gasteiger partial charge in [-0.3, -0.25) is 0 Å². The summed E-state index contributed by atoms with van der Waals surface area (Å²) in [6.07, 6.45) is 0.616. The third-order valence-corrected chi connectivity index (χ3v) is 7.17. The number of hydrogen-bond donors (Lipinski definition) is 1. The molecule has 0 spiro atoms. The van der Waals surface area contributed by atoms with Crippen LogP contribution >= 0.6 is 0 Å². The normalized spacial score (nSPS) is 16.5. The van der Waals surface area contributed by atoms with Crippen molar-refractivity contribution in [2.24, 2.45) is 0 Å². The fraction of sp³-hybridized carbons (Fsp3) is 0.375. The van der Waals surface area contributed by atoms with E-state index in [0.717, 1.165) is 17.0 Å². The van der Waals surface area contributed by atoms with Crippen LogP contribution in [-0.2, 0) is 27.7 Å². The minimum atomic E-state index is -3.59. The van der Waals surface area contributed by atoms with Gasteiger partial charge in [0.05, 0.1) is 37.0 Å². The maximum atomic E-state index is 14.5. The monoisotopic (exact) mass is 473 g/mol. The molecule has 7 nitrogen and oxygen atoms in total. The van der Waals surface area contributed by atoms with E-state index in [1.54, 1.807) is 50.2 Å². The molecular weight excluding hydrogens is 445 g/mol. The maximum absolute atomic E-state index is 14.5. The fourth-order valence-corrected chi connectivity index (χ4v) is 5.28. The molecule has 1 N–H and O–H groups in total. The Bertz CT molecular complexity index is 1250. The SMILES string of the molecule is COc1ccc(-c2nc(-c3ccc(S(=O)(=O)NC(C)C)cc3)c3n2CC(C)OCC3)cc1F. The van der Waals surface area contributed by atoms with Crippen molar-refractivity contribution in [3.63, 3.8) is 0 Å². The third-order valence-electron chi connectivity index (χ3n) is 5.49. The number of fused-ring (bicyclic) bond motifs is 1. The highest BCUT2D eigenvalue weighted by molar-refractivity contribution is 7.89. The summed E-state index contributed by atoms with van der Waals surface area (Å²) in [4.78, 5) is 5.07. The molecule has 9 heteroatoms. The second kappa shape index (κ2) is 9.24. The maximum Gasteiger partial charge on any atom is 0.240 e. The summed E-state index contributed by atoms with van der Waals surface area (Å²) in [5, 5.41) is 0. The number of imidazole rings is 1. The molecule has 1 aromatic heterocycles. The second-order valence-electron chi connectivity index (χ2n) is 8.42. The number of aromatic nitrogens is 2. The van der Waals surface area contributed by atoms with Crippen LogP contribution in [0.15, 0.2) is 47.4 Å². The summed E-state index contributed by atoms with van der Waals surface area (Å²) >= 11 is 0. The van der Waals surface area contributed by atoms with Crippen molar-refractivity contribution < 1.29 is 22.3 Å². The van der Waals surface area contributed by atoms with Gasteiger partial charge in [-0.05, 0) is 51.1 Å². The average Bonchev–Trinajstić information content (AvgIpc) is 2.99. The fourth-order valence-electron chi connectivity index (χ4n) is 4.03. The predicted octanol–water partition coefficient (Wildman–Crippen LogP) is 4.01. The van der Waals surface area contributed by atoms with Crippen LogP contribution in [0.1, 0.15) is 26.5 Å². The van der Waals surface area contributed by atoms with Crippen LogP contribution in [0.3, 0.4) is 0 Å². The van der Waals surface area contributed by atoms with Crippen molar-refractivity contribution in [2.75, 3.05) is 13.7 Å². The molecule has 0 saturated heterocycles. The molecule has 0 amide bonds. The first-order valence-corrected chi connectivity index (χ1v) is 12.4. The molecule has 1 atom stereocenters. The average molecular weight is 474 g/mol. The van der Waals surface area contributed by atoms with Gasteiger partial charge in [0.25, 0.3) is 0 Å². The van der Waals surface area contributed by atoms with Crippen molar-refractivity contribution in [1.82, 2.24) is 14.3 Å². The van der Waals surface area contributed by atoms with E-state index in [0.29, 0.717) is 31.0 Å². The molecular formula is C24H28FN3O4S. The van der Waals surface area contributed by atoms with Crippen LogP contribution in [0.2, 0.25) is 0 Å². The summed E-state index contributed by atoms with van der Waals surface area (Å²) in [6.45, 7) is 6.67. The minimum Gasteiger partial charge on any atom is -0.494 e. The highest BCUT2D eigenvalue weighted by atomic mass is 32.2. The Hall–Kier alpha value is -2.75. The number of methoxy groups -OCH3 is 1. The zero-order valence-corrected chi connectivity index (χ0v) is 19.9. The number of ether oxygens (including phenoxy) is 2. The van der Waals surface area contributed by atoms with Crippen molar-refractivity contribution in [3.05, 3.63) is 54.0 Å². The quantitative estimate of drug-likeness (QED) is 0.585. The Morgan fingerprint density at radius 2 is 1.88 bits per heavy atom. The lowest BCUT2D eigenvalue weighted by atomic mass is 10.1. The van der Waals surface area contributed by atoms with Gasteiger partial charge in [-0.25, -0.2) is 22.5 Å². The van der Waals surface area contributed by atoms with E-state index in [1.165, 1.54) is 13.2 Å². The first-order valence-electron chi connectivity index (χ1n) is 10.9. The smallest absolute Gasteiger partial charge is 0.240 e. The summed E-state index contributed by atoms with van der Waals surface area (Å²) in [6, 6.07) is 11.3. The number of hydrogen-bond acceptors (Lipinski definition) is 5. The summed E-state index contributed by atoms with van der Waals surface area (Å²) < 4.78 is 55.0. The van der Waals surface area contributed by atoms with E-state index in [4.69, 9.17) is 14.5 Å². The first kappa shape index (κ1) is 23.4. The Balaban J connectivity index is 1.80. The van der Waals surface area contributed by atoms with Gasteiger partial charge >= 0.3 is 0 Å². The molecule has 0 bridgehead atoms. The molecule has 2 aromatic carbocycles. The zero-order valence-electron chi connectivity index (χ0n) is 19.1. The third kappa shape index (κ3) is 4.80. The van der Waals surface area contributed by atoms with Gasteiger partial charge in [-0.1, -0.05) is 12.1 Å². The van der Waals surface area contributed by atoms with Gasteiger partial charge in [-0.2, -0.15) is 0 Å². The molecule has 0 fully saturated rings. The first-order chi connectivity index (χ1) is 15.7. The van der Waals surface area contributed by atoms with Gasteiger partial charge < -0.3 is 14.0 Å². The van der Waals surface area contributed by atoms with Crippen LogP contribution < -0.4 is 9.46 Å². The van der Waals surface area contributed by atoms with Crippen LogP contribution in [0.25, 0.3) is 22.6 Å². The summed E-state index contributed by atoms with van der Waals surface area (Å²) in [7, 11) is -2.16. The van der Waals surface area contributed by atoms with E-state index in [2.05, 4.69) is 9.29 Å². The van der Waals surface area contributed by atoms with Crippen molar-refractivity contribution >= 4 is 10.0 Å². The topological polar surface area (TPSA) is 82.5 Å². The summed E-state index contributed by atoms with van der Waals surface area (Å²) in [5.74, 6) is 0.348. The molecule has 33 heavy (non-hydrogen) atoms. The molecule has 0 saturated carbocycles. The van der Waals surface area contributed by atoms with E-state index < -0.39 is 15.8 Å². The van der Waals surface area contributed by atoms with E-state index >= 15 is 0 Å². The number of benzene rings is 2. The van der Waals surface area contributed by atoms with Gasteiger partial charge in [0.1, 0.15) is 5.82 Å². The Kier molecular flexibility index (Phi) is 6.56. The number of rotatable bonds is 6. The number of nitrogens with one attached hydrogen (secondary N) is 1. The molecule has 3 aromatic rings. The van der Waals surface area contributed by atoms with E-state index in [9.17, 15) is 12.8 Å². The standard InChI is InChI=1S/C24H28FN3O4S/c1-15(2)27-33(29,30)19-8-5-17(6-9-19)23-21-11-12-32-16(3)14-28(21)24(26-23)18-7-10-22(31-4)20(25)13-18/h5-10,13,15-16,27H,11-12,14H2,1-4H3. The number of sulfonamides is 1. The Morgan fingerprint density at radius 1 is 1.18 bits per heavy atom. The molecule has 4 rings (SSSR count). The largest absolute Gasteiger partial charge is 0.494 e. The lowest BCUT2D eigenvalue weighted by Gasteiger charge is -2.13. The molecule has 1 unspecified atom stereocenters. The van der Waals surface area contributed by atoms with Gasteiger partial charge in [-0.15, -0.1) is 0 Å². The minimum absolute atomic E-state index is 0.0234. The van der Waals surface area contributed by atoms with Gasteiger partial charge in [0.15, 0.2) is 11.6 Å². The van der Waals surface area contributed by atoms with Crippen molar-refractivity contribution in [3.8, 4) is 28.4 Å². The number of nitrogens with zero attached hydrogens (tertiary/aromatic N) is 2. The molecule has 176 valence electrons. The second-order valence-corrected chi connectivity index (χ2v) is 10.1. The van der Waals surface area contributed by atoms with Crippen LogP contribution in [-0.4, -0.2) is 43.8 Å². The molecule has 0 radical (unpaired) electrons. The lowest BCUT2D eigenvalue weighted by molar-refractivity contribution is 0.0666. The summed E-state index contributed by atoms with van der Waals surface area (Å²) in [5.41, 5.74) is 3.13. The number of halogens is 1. The van der Waals surface area contributed by atoms with Crippen LogP contribution in [0.4, 0.5) is 4.39 Å². The molecule has 2 heterocycles. The van der Waals surface area contributed by atoms with Crippen LogP contribution in [0.5, 0.6) is 5.75 Å². The Labute approximate surface area is 193 Å². The van der Waals surface area contributed by atoms with Crippen LogP contribution in [0, 0.1) is 5.82 Å². The van der Waals surface area contributed by atoms with Crippen molar-refractivity contribution in [2.45, 2.75) is 50.8 Å². The van der Waals surface area contributed by atoms with Crippen molar-refractivity contribution in [1.29, 1.82) is 0 Å². The lowest BCUT2D eigenvalue weighted by Crippen LogP contribution is -2.30. The highest BCUT2D eigenvalue weighted by Gasteiger charge is 2.25. The molecule has 0 aliphatic carbocycles. The molecule has 1 aliphatic rings. The van der Waals surface area contributed by atoms with E-state index in [1.807, 2.05) is 6.92 Å². The predicted molar refractivity (Wildman–Crippen MR) is 124 cm³/mol. The molecule has 1 aliphatic heterocycles. The van der Waals surface area contributed by atoms with E-state index in [-0.39, 0.29) is 22.8 Å². The van der Waals surface area contributed by atoms with Gasteiger partial charge in [0.2, 0.25) is 10.0 Å². The zero-order chi connectivity index (χ0) is 23.8.